The molecule has 5 nitrogen and oxygen atoms in total. The summed E-state index contributed by atoms with van der Waals surface area (Å²) in [4.78, 5) is 10.2. The number of hydrogen-bond acceptors (Lipinski definition) is 3. The van der Waals surface area contributed by atoms with E-state index in [2.05, 4.69) is 21.0 Å². The van der Waals surface area contributed by atoms with Gasteiger partial charge in [0.25, 0.3) is 5.69 Å². The van der Waals surface area contributed by atoms with Crippen LogP contribution in [0.4, 0.5) is 18.9 Å². The first-order valence-electron chi connectivity index (χ1n) is 6.94. The van der Waals surface area contributed by atoms with Gasteiger partial charge in [0.05, 0.1) is 16.3 Å². The van der Waals surface area contributed by atoms with Crippen molar-refractivity contribution in [3.05, 3.63) is 74.9 Å². The van der Waals surface area contributed by atoms with E-state index in [0.717, 1.165) is 15.2 Å². The highest BCUT2D eigenvalue weighted by atomic mass is 79.9. The minimum atomic E-state index is -4.60. The van der Waals surface area contributed by atoms with Crippen molar-refractivity contribution in [2.24, 2.45) is 0 Å². The minimum absolute atomic E-state index is 0.155. The highest BCUT2D eigenvalue weighted by molar-refractivity contribution is 9.10. The van der Waals surface area contributed by atoms with E-state index in [9.17, 15) is 23.3 Å². The average Bonchev–Trinajstić information content (AvgIpc) is 3.01. The lowest BCUT2D eigenvalue weighted by Crippen LogP contribution is -2.07. The van der Waals surface area contributed by atoms with Crippen molar-refractivity contribution < 1.29 is 18.1 Å². The van der Waals surface area contributed by atoms with Crippen LogP contribution in [0.5, 0.6) is 0 Å². The second kappa shape index (κ2) is 6.32. The molecule has 3 rings (SSSR count). The minimum Gasteiger partial charge on any atom is -0.258 e. The second-order valence-electron chi connectivity index (χ2n) is 5.10. The molecule has 128 valence electrons. The molecule has 2 aromatic carbocycles. The first kappa shape index (κ1) is 17.2. The zero-order valence-corrected chi connectivity index (χ0v) is 14.0. The van der Waals surface area contributed by atoms with E-state index < -0.39 is 16.8 Å². The normalized spacial score (nSPS) is 11.5. The van der Waals surface area contributed by atoms with Crippen molar-refractivity contribution in [3.63, 3.8) is 0 Å². The molecule has 0 saturated carbocycles. The fourth-order valence-electron chi connectivity index (χ4n) is 2.26. The molecule has 0 radical (unpaired) electrons. The Morgan fingerprint density at radius 2 is 1.64 bits per heavy atom. The molecule has 0 fully saturated rings. The lowest BCUT2D eigenvalue weighted by molar-refractivity contribution is -0.384. The Bertz CT molecular complexity index is 919. The lowest BCUT2D eigenvalue weighted by atomic mass is 10.1. The highest BCUT2D eigenvalue weighted by Crippen LogP contribution is 2.33. The molecule has 0 saturated heterocycles. The van der Waals surface area contributed by atoms with Crippen molar-refractivity contribution in [1.82, 2.24) is 9.78 Å². The summed E-state index contributed by atoms with van der Waals surface area (Å²) < 4.78 is 41.1. The zero-order valence-electron chi connectivity index (χ0n) is 12.4. The number of nitrogens with zero attached hydrogens (tertiary/aromatic N) is 3. The Kier molecular flexibility index (Phi) is 4.34. The molecule has 0 N–H and O–H groups in total. The van der Waals surface area contributed by atoms with Gasteiger partial charge in [0, 0.05) is 22.2 Å². The summed E-state index contributed by atoms with van der Waals surface area (Å²) in [6, 6.07) is 12.8. The predicted molar refractivity (Wildman–Crippen MR) is 88.4 cm³/mol. The number of nitro groups is 1. The topological polar surface area (TPSA) is 61.0 Å². The van der Waals surface area contributed by atoms with Gasteiger partial charge < -0.3 is 0 Å². The number of aromatic nitrogens is 2. The molecular weight excluding hydrogens is 403 g/mol. The number of non-ortho nitro benzene ring substituents is 1. The van der Waals surface area contributed by atoms with Crippen LogP contribution in [-0.4, -0.2) is 14.7 Å². The van der Waals surface area contributed by atoms with Crippen LogP contribution < -0.4 is 0 Å². The van der Waals surface area contributed by atoms with E-state index in [1.165, 1.54) is 24.3 Å². The van der Waals surface area contributed by atoms with Gasteiger partial charge in [-0.1, -0.05) is 28.1 Å². The third-order valence-corrected chi connectivity index (χ3v) is 3.97. The van der Waals surface area contributed by atoms with Gasteiger partial charge in [0.1, 0.15) is 0 Å². The van der Waals surface area contributed by atoms with Crippen LogP contribution in [0.2, 0.25) is 0 Å². The number of benzene rings is 2. The molecule has 3 aromatic rings. The standard InChI is InChI=1S/C16H9BrF3N3O2/c17-11-3-1-10(2-4-11)14-9-15(16(18,19)20)21-22(14)12-5-7-13(8-6-12)23(24)25/h1-9H. The zero-order chi connectivity index (χ0) is 18.2. The van der Waals surface area contributed by atoms with Crippen LogP contribution in [0.25, 0.3) is 16.9 Å². The molecule has 1 heterocycles. The largest absolute Gasteiger partial charge is 0.435 e. The van der Waals surface area contributed by atoms with Crippen LogP contribution in [0.3, 0.4) is 0 Å². The Morgan fingerprint density at radius 1 is 1.04 bits per heavy atom. The maximum Gasteiger partial charge on any atom is 0.435 e. The number of hydrogen-bond donors (Lipinski definition) is 0. The van der Waals surface area contributed by atoms with Gasteiger partial charge in [-0.05, 0) is 30.3 Å². The molecule has 0 aliphatic rings. The van der Waals surface area contributed by atoms with E-state index in [1.807, 2.05) is 0 Å². The molecule has 0 amide bonds. The van der Waals surface area contributed by atoms with Gasteiger partial charge in [-0.15, -0.1) is 0 Å². The fourth-order valence-corrected chi connectivity index (χ4v) is 2.52. The molecule has 0 spiro atoms. The maximum absolute atomic E-state index is 13.1. The average molecular weight is 412 g/mol. The summed E-state index contributed by atoms with van der Waals surface area (Å²) in [5, 5.41) is 14.4. The quantitative estimate of drug-likeness (QED) is 0.437. The number of rotatable bonds is 3. The van der Waals surface area contributed by atoms with Gasteiger partial charge in [-0.3, -0.25) is 10.1 Å². The molecule has 0 aliphatic heterocycles. The molecule has 0 bridgehead atoms. The Labute approximate surface area is 148 Å². The van der Waals surface area contributed by atoms with Crippen molar-refractivity contribution in [2.45, 2.75) is 6.18 Å². The maximum atomic E-state index is 13.1. The van der Waals surface area contributed by atoms with E-state index in [0.29, 0.717) is 11.3 Å². The first-order chi connectivity index (χ1) is 11.8. The Hall–Kier alpha value is -2.68. The van der Waals surface area contributed by atoms with Gasteiger partial charge in [-0.2, -0.15) is 18.3 Å². The molecular formula is C16H9BrF3N3O2. The molecule has 25 heavy (non-hydrogen) atoms. The lowest BCUT2D eigenvalue weighted by Gasteiger charge is -2.07. The van der Waals surface area contributed by atoms with Crippen LogP contribution in [0.1, 0.15) is 5.69 Å². The molecule has 0 unspecified atom stereocenters. The number of halogens is 4. The van der Waals surface area contributed by atoms with Crippen LogP contribution in [-0.2, 0) is 6.18 Å². The van der Waals surface area contributed by atoms with E-state index in [4.69, 9.17) is 0 Å². The van der Waals surface area contributed by atoms with Crippen LogP contribution >= 0.6 is 15.9 Å². The summed E-state index contributed by atoms with van der Waals surface area (Å²) in [6.07, 6.45) is -4.60. The summed E-state index contributed by atoms with van der Waals surface area (Å²) in [5.41, 5.74) is -0.141. The van der Waals surface area contributed by atoms with E-state index in [-0.39, 0.29) is 11.4 Å². The number of alkyl halides is 3. The second-order valence-corrected chi connectivity index (χ2v) is 6.02. The van der Waals surface area contributed by atoms with Gasteiger partial charge in [0.15, 0.2) is 5.69 Å². The Balaban J connectivity index is 2.15. The SMILES string of the molecule is O=[N+]([O-])c1ccc(-n2nc(C(F)(F)F)cc2-c2ccc(Br)cc2)cc1. The predicted octanol–water partition coefficient (Wildman–Crippen LogP) is 5.23. The van der Waals surface area contributed by atoms with E-state index in [1.54, 1.807) is 24.3 Å². The molecule has 9 heteroatoms. The van der Waals surface area contributed by atoms with Crippen LogP contribution in [0, 0.1) is 10.1 Å². The first-order valence-corrected chi connectivity index (χ1v) is 7.73. The van der Waals surface area contributed by atoms with Gasteiger partial charge in [0.2, 0.25) is 0 Å². The monoisotopic (exact) mass is 411 g/mol. The summed E-state index contributed by atoms with van der Waals surface area (Å²) in [5.74, 6) is 0. The van der Waals surface area contributed by atoms with E-state index >= 15 is 0 Å². The van der Waals surface area contributed by atoms with Crippen molar-refractivity contribution in [3.8, 4) is 16.9 Å². The van der Waals surface area contributed by atoms with Crippen molar-refractivity contribution >= 4 is 21.6 Å². The smallest absolute Gasteiger partial charge is 0.258 e. The third-order valence-electron chi connectivity index (χ3n) is 3.44. The summed E-state index contributed by atoms with van der Waals surface area (Å²) in [6.45, 7) is 0. The van der Waals surface area contributed by atoms with Gasteiger partial charge in [-0.25, -0.2) is 4.68 Å². The molecule has 1 aromatic heterocycles. The summed E-state index contributed by atoms with van der Waals surface area (Å²) in [7, 11) is 0. The van der Waals surface area contributed by atoms with Crippen molar-refractivity contribution in [1.29, 1.82) is 0 Å². The fraction of sp³-hybridized carbons (Fsp3) is 0.0625. The summed E-state index contributed by atoms with van der Waals surface area (Å²) >= 11 is 3.27. The molecule has 0 aliphatic carbocycles. The number of nitro benzene ring substituents is 1. The highest BCUT2D eigenvalue weighted by Gasteiger charge is 2.35. The molecule has 0 atom stereocenters. The third kappa shape index (κ3) is 3.55. The Morgan fingerprint density at radius 3 is 2.16 bits per heavy atom. The van der Waals surface area contributed by atoms with Crippen LogP contribution in [0.15, 0.2) is 59.1 Å². The van der Waals surface area contributed by atoms with Crippen molar-refractivity contribution in [2.75, 3.05) is 0 Å². The van der Waals surface area contributed by atoms with Gasteiger partial charge >= 0.3 is 6.18 Å².